The number of benzene rings is 2. The molecular formula is C16H12O3. The zero-order chi connectivity index (χ0) is 13.4. The summed E-state index contributed by atoms with van der Waals surface area (Å²) in [6.07, 6.45) is 0. The lowest BCUT2D eigenvalue weighted by molar-refractivity contribution is 0.101. The van der Waals surface area contributed by atoms with Gasteiger partial charge in [-0.3, -0.25) is 4.79 Å². The van der Waals surface area contributed by atoms with Crippen molar-refractivity contribution < 1.29 is 14.3 Å². The van der Waals surface area contributed by atoms with Crippen LogP contribution in [-0.4, -0.2) is 10.9 Å². The second kappa shape index (κ2) is 4.28. The molecule has 3 nitrogen and oxygen atoms in total. The number of aryl methyl sites for hydroxylation is 1. The minimum absolute atomic E-state index is 0.00759. The largest absolute Gasteiger partial charge is 0.504 e. The van der Waals surface area contributed by atoms with Gasteiger partial charge in [0.2, 0.25) is 11.5 Å². The fourth-order valence-electron chi connectivity index (χ4n) is 2.07. The molecule has 3 heteroatoms. The molecule has 1 aromatic heterocycles. The van der Waals surface area contributed by atoms with Crippen LogP contribution in [-0.2, 0) is 0 Å². The number of fused-ring (bicyclic) bond motifs is 1. The van der Waals surface area contributed by atoms with Gasteiger partial charge in [0, 0.05) is 5.56 Å². The summed E-state index contributed by atoms with van der Waals surface area (Å²) in [5, 5.41) is 10.7. The number of rotatable bonds is 2. The van der Waals surface area contributed by atoms with Gasteiger partial charge in [-0.05, 0) is 19.1 Å². The fraction of sp³-hybridized carbons (Fsp3) is 0.0625. The zero-order valence-electron chi connectivity index (χ0n) is 10.4. The van der Waals surface area contributed by atoms with Crippen molar-refractivity contribution in [3.05, 3.63) is 65.4 Å². The van der Waals surface area contributed by atoms with E-state index in [1.54, 1.807) is 36.4 Å². The molecule has 1 N–H and O–H groups in total. The van der Waals surface area contributed by atoms with Crippen molar-refractivity contribution in [3.63, 3.8) is 0 Å². The third-order valence-electron chi connectivity index (χ3n) is 3.06. The van der Waals surface area contributed by atoms with Crippen LogP contribution in [0, 0.1) is 6.92 Å². The van der Waals surface area contributed by atoms with Crippen LogP contribution >= 0.6 is 0 Å². The third kappa shape index (κ3) is 1.89. The van der Waals surface area contributed by atoms with Crippen molar-refractivity contribution in [2.24, 2.45) is 0 Å². The number of aromatic hydroxyl groups is 1. The Balaban J connectivity index is 2.16. The van der Waals surface area contributed by atoms with Crippen molar-refractivity contribution in [3.8, 4) is 5.75 Å². The molecule has 19 heavy (non-hydrogen) atoms. The highest BCUT2D eigenvalue weighted by atomic mass is 16.4. The third-order valence-corrected chi connectivity index (χ3v) is 3.06. The summed E-state index contributed by atoms with van der Waals surface area (Å²) in [4.78, 5) is 12.3. The molecule has 3 rings (SSSR count). The van der Waals surface area contributed by atoms with Crippen LogP contribution in [0.3, 0.4) is 0 Å². The highest BCUT2D eigenvalue weighted by molar-refractivity contribution is 6.11. The van der Waals surface area contributed by atoms with Crippen LogP contribution in [0.5, 0.6) is 5.75 Å². The summed E-state index contributed by atoms with van der Waals surface area (Å²) in [5.74, 6) is -0.411. The summed E-state index contributed by atoms with van der Waals surface area (Å²) < 4.78 is 5.47. The maximum atomic E-state index is 12.3. The second-order valence-electron chi connectivity index (χ2n) is 4.47. The molecule has 0 bridgehead atoms. The molecule has 0 aliphatic heterocycles. The van der Waals surface area contributed by atoms with E-state index >= 15 is 0 Å². The van der Waals surface area contributed by atoms with E-state index in [2.05, 4.69) is 0 Å². The van der Waals surface area contributed by atoms with E-state index < -0.39 is 0 Å². The Bertz CT molecular complexity index is 754. The molecule has 0 fully saturated rings. The number of carbonyl (C=O) groups is 1. The molecule has 0 aliphatic rings. The van der Waals surface area contributed by atoms with Gasteiger partial charge in [-0.2, -0.15) is 0 Å². The van der Waals surface area contributed by atoms with Gasteiger partial charge in [0.25, 0.3) is 0 Å². The van der Waals surface area contributed by atoms with Crippen LogP contribution in [0.15, 0.2) is 52.9 Å². The van der Waals surface area contributed by atoms with Gasteiger partial charge < -0.3 is 9.52 Å². The summed E-state index contributed by atoms with van der Waals surface area (Å²) in [5.41, 5.74) is 2.01. The van der Waals surface area contributed by atoms with Crippen molar-refractivity contribution in [2.75, 3.05) is 0 Å². The lowest BCUT2D eigenvalue weighted by atomic mass is 10.1. The molecule has 0 amide bonds. The molecular weight excluding hydrogens is 240 g/mol. The Kier molecular flexibility index (Phi) is 2.60. The maximum Gasteiger partial charge on any atom is 0.232 e. The van der Waals surface area contributed by atoms with Crippen molar-refractivity contribution in [1.29, 1.82) is 0 Å². The summed E-state index contributed by atoms with van der Waals surface area (Å²) in [7, 11) is 0. The van der Waals surface area contributed by atoms with Gasteiger partial charge in [-0.1, -0.05) is 42.0 Å². The summed E-state index contributed by atoms with van der Waals surface area (Å²) >= 11 is 0. The van der Waals surface area contributed by atoms with E-state index in [0.717, 1.165) is 5.56 Å². The molecule has 0 saturated carbocycles. The minimum atomic E-state index is -0.313. The lowest BCUT2D eigenvalue weighted by Crippen LogP contribution is -1.99. The van der Waals surface area contributed by atoms with Crippen LogP contribution in [0.25, 0.3) is 11.0 Å². The Morgan fingerprint density at radius 2 is 1.84 bits per heavy atom. The smallest absolute Gasteiger partial charge is 0.232 e. The topological polar surface area (TPSA) is 50.4 Å². The Hall–Kier alpha value is -2.55. The molecule has 0 radical (unpaired) electrons. The van der Waals surface area contributed by atoms with E-state index in [4.69, 9.17) is 4.42 Å². The molecule has 0 atom stereocenters. The molecule has 2 aromatic carbocycles. The van der Waals surface area contributed by atoms with Gasteiger partial charge in [-0.15, -0.1) is 0 Å². The maximum absolute atomic E-state index is 12.3. The van der Waals surface area contributed by atoms with Crippen LogP contribution in [0.1, 0.15) is 21.7 Å². The number of hydrogen-bond donors (Lipinski definition) is 1. The average molecular weight is 252 g/mol. The summed E-state index contributed by atoms with van der Waals surface area (Å²) in [6.45, 7) is 1.92. The first-order chi connectivity index (χ1) is 9.16. The van der Waals surface area contributed by atoms with Crippen molar-refractivity contribution >= 4 is 16.8 Å². The first-order valence-electron chi connectivity index (χ1n) is 5.98. The van der Waals surface area contributed by atoms with Crippen LogP contribution in [0.2, 0.25) is 0 Å². The Labute approximate surface area is 110 Å². The lowest BCUT2D eigenvalue weighted by Gasteiger charge is -1.97. The number of carbonyl (C=O) groups excluding carboxylic acids is 1. The fourth-order valence-corrected chi connectivity index (χ4v) is 2.07. The normalized spacial score (nSPS) is 10.8. The molecule has 1 heterocycles. The van der Waals surface area contributed by atoms with Crippen molar-refractivity contribution in [2.45, 2.75) is 6.92 Å². The van der Waals surface area contributed by atoms with Gasteiger partial charge in [0.15, 0.2) is 5.75 Å². The quantitative estimate of drug-likeness (QED) is 0.708. The molecule has 94 valence electrons. The summed E-state index contributed by atoms with van der Waals surface area (Å²) in [6, 6.07) is 14.2. The average Bonchev–Trinajstić information content (AvgIpc) is 2.76. The predicted octanol–water partition coefficient (Wildman–Crippen LogP) is 3.68. The number of furan rings is 1. The highest BCUT2D eigenvalue weighted by Crippen LogP contribution is 2.33. The van der Waals surface area contributed by atoms with Gasteiger partial charge in [-0.25, -0.2) is 0 Å². The SMILES string of the molecule is Cc1ccc2oc(C(=O)c3ccccc3)c(O)c2c1. The van der Waals surface area contributed by atoms with Gasteiger partial charge in [0.05, 0.1) is 5.39 Å². The van der Waals surface area contributed by atoms with Crippen LogP contribution in [0.4, 0.5) is 0 Å². The molecule has 3 aromatic rings. The molecule has 0 spiro atoms. The second-order valence-corrected chi connectivity index (χ2v) is 4.47. The minimum Gasteiger partial charge on any atom is -0.504 e. The van der Waals surface area contributed by atoms with E-state index in [0.29, 0.717) is 16.5 Å². The Morgan fingerprint density at radius 3 is 2.58 bits per heavy atom. The molecule has 0 saturated heterocycles. The predicted molar refractivity (Wildman–Crippen MR) is 72.5 cm³/mol. The van der Waals surface area contributed by atoms with E-state index in [-0.39, 0.29) is 17.3 Å². The van der Waals surface area contributed by atoms with E-state index in [1.807, 2.05) is 19.1 Å². The Morgan fingerprint density at radius 1 is 1.11 bits per heavy atom. The van der Waals surface area contributed by atoms with E-state index in [1.165, 1.54) is 0 Å². The monoisotopic (exact) mass is 252 g/mol. The molecule has 0 aliphatic carbocycles. The van der Waals surface area contributed by atoms with Crippen LogP contribution < -0.4 is 0 Å². The van der Waals surface area contributed by atoms with Gasteiger partial charge in [0.1, 0.15) is 5.58 Å². The van der Waals surface area contributed by atoms with E-state index in [9.17, 15) is 9.90 Å². The van der Waals surface area contributed by atoms with Crippen molar-refractivity contribution in [1.82, 2.24) is 0 Å². The zero-order valence-corrected chi connectivity index (χ0v) is 10.4. The first-order valence-corrected chi connectivity index (χ1v) is 5.98. The number of ketones is 1. The standard InChI is InChI=1S/C16H12O3/c1-10-7-8-13-12(9-10)15(18)16(19-13)14(17)11-5-3-2-4-6-11/h2-9,18H,1H3. The van der Waals surface area contributed by atoms with Gasteiger partial charge >= 0.3 is 0 Å². The first kappa shape index (κ1) is 11.5. The highest BCUT2D eigenvalue weighted by Gasteiger charge is 2.21. The number of hydrogen-bond acceptors (Lipinski definition) is 3. The molecule has 0 unspecified atom stereocenters.